The van der Waals surface area contributed by atoms with Crippen LogP contribution in [0.4, 0.5) is 10.1 Å². The molecule has 2 heterocycles. The first-order valence-corrected chi connectivity index (χ1v) is 11.0. The highest BCUT2D eigenvalue weighted by Crippen LogP contribution is 2.35. The maximum Gasteiger partial charge on any atom is 0.291 e. The zero-order chi connectivity index (χ0) is 22.9. The number of hydrogen-bond donors (Lipinski definition) is 2. The largest absolute Gasteiger partial charge is 0.451 e. The predicted octanol–water partition coefficient (Wildman–Crippen LogP) is 5.96. The van der Waals surface area contributed by atoms with Crippen molar-refractivity contribution >= 4 is 51.2 Å². The molecule has 0 saturated heterocycles. The van der Waals surface area contributed by atoms with Gasteiger partial charge in [-0.1, -0.05) is 30.3 Å². The van der Waals surface area contributed by atoms with Gasteiger partial charge in [-0.25, -0.2) is 4.39 Å². The number of hydrogen-bond acceptors (Lipinski definition) is 5. The molecule has 5 rings (SSSR count). The summed E-state index contributed by atoms with van der Waals surface area (Å²) in [5.74, 6) is -1.24. The van der Waals surface area contributed by atoms with Gasteiger partial charge in [0.2, 0.25) is 5.76 Å². The third kappa shape index (κ3) is 3.96. The molecule has 5 aromatic rings. The summed E-state index contributed by atoms with van der Waals surface area (Å²) in [7, 11) is 0. The molecular formula is C25H17FN2O4S. The highest BCUT2D eigenvalue weighted by molar-refractivity contribution is 7.98. The number of thioether (sulfide) groups is 1. The summed E-state index contributed by atoms with van der Waals surface area (Å²) in [5.41, 5.74) is 7.34. The molecule has 0 spiro atoms. The zero-order valence-corrected chi connectivity index (χ0v) is 17.9. The lowest BCUT2D eigenvalue weighted by atomic mass is 10.1. The number of primary amides is 1. The maximum atomic E-state index is 13.3. The van der Waals surface area contributed by atoms with Crippen molar-refractivity contribution in [3.8, 4) is 0 Å². The molecule has 2 amide bonds. The van der Waals surface area contributed by atoms with Gasteiger partial charge in [-0.3, -0.25) is 9.59 Å². The molecule has 0 bridgehead atoms. The number of benzene rings is 3. The number of anilines is 1. The van der Waals surface area contributed by atoms with Crippen molar-refractivity contribution in [3.05, 3.63) is 95.7 Å². The van der Waals surface area contributed by atoms with E-state index in [2.05, 4.69) is 5.32 Å². The van der Waals surface area contributed by atoms with E-state index in [-0.39, 0.29) is 23.0 Å². The van der Waals surface area contributed by atoms with Gasteiger partial charge in [-0.05, 0) is 42.5 Å². The molecule has 33 heavy (non-hydrogen) atoms. The lowest BCUT2D eigenvalue weighted by Gasteiger charge is -2.06. The number of nitrogens with one attached hydrogen (secondary N) is 1. The summed E-state index contributed by atoms with van der Waals surface area (Å²) in [4.78, 5) is 26.1. The van der Waals surface area contributed by atoms with Gasteiger partial charge in [-0.15, -0.1) is 11.8 Å². The summed E-state index contributed by atoms with van der Waals surface area (Å²) < 4.78 is 24.7. The van der Waals surface area contributed by atoms with Gasteiger partial charge in [0.25, 0.3) is 11.8 Å². The van der Waals surface area contributed by atoms with Crippen LogP contribution in [0.2, 0.25) is 0 Å². The molecule has 0 fully saturated rings. The third-order valence-corrected chi connectivity index (χ3v) is 6.20. The number of carbonyl (C=O) groups excluding carboxylic acids is 2. The molecule has 0 aliphatic heterocycles. The van der Waals surface area contributed by atoms with Gasteiger partial charge in [0.1, 0.15) is 22.7 Å². The van der Waals surface area contributed by atoms with Crippen molar-refractivity contribution in [1.29, 1.82) is 0 Å². The van der Waals surface area contributed by atoms with Crippen LogP contribution in [-0.4, -0.2) is 11.8 Å². The fourth-order valence-electron chi connectivity index (χ4n) is 3.63. The Balaban J connectivity index is 1.52. The first-order chi connectivity index (χ1) is 16.0. The number of rotatable bonds is 6. The van der Waals surface area contributed by atoms with E-state index in [0.717, 1.165) is 10.3 Å². The Labute approximate surface area is 191 Å². The lowest BCUT2D eigenvalue weighted by molar-refractivity contribution is 0.0977. The first kappa shape index (κ1) is 20.8. The van der Waals surface area contributed by atoms with Gasteiger partial charge < -0.3 is 19.9 Å². The lowest BCUT2D eigenvalue weighted by Crippen LogP contribution is -2.17. The van der Waals surface area contributed by atoms with E-state index in [1.54, 1.807) is 42.5 Å². The summed E-state index contributed by atoms with van der Waals surface area (Å²) in [6.07, 6.45) is 0. The number of amides is 2. The third-order valence-electron chi connectivity index (χ3n) is 5.16. The zero-order valence-electron chi connectivity index (χ0n) is 17.1. The van der Waals surface area contributed by atoms with Crippen LogP contribution < -0.4 is 11.1 Å². The summed E-state index contributed by atoms with van der Waals surface area (Å²) >= 11 is 1.45. The Bertz CT molecular complexity index is 1500. The van der Waals surface area contributed by atoms with E-state index in [1.165, 1.54) is 23.9 Å². The minimum Gasteiger partial charge on any atom is -0.451 e. The molecule has 3 aromatic carbocycles. The Morgan fingerprint density at radius 3 is 2.15 bits per heavy atom. The number of para-hydroxylation sites is 2. The van der Waals surface area contributed by atoms with Crippen molar-refractivity contribution in [2.75, 3.05) is 5.32 Å². The van der Waals surface area contributed by atoms with E-state index < -0.39 is 11.8 Å². The predicted molar refractivity (Wildman–Crippen MR) is 125 cm³/mol. The van der Waals surface area contributed by atoms with Crippen LogP contribution in [0.3, 0.4) is 0 Å². The van der Waals surface area contributed by atoms with Gasteiger partial charge in [0.05, 0.1) is 0 Å². The molecule has 6 nitrogen and oxygen atoms in total. The van der Waals surface area contributed by atoms with Crippen LogP contribution in [0.1, 0.15) is 26.7 Å². The fourth-order valence-corrected chi connectivity index (χ4v) is 4.55. The van der Waals surface area contributed by atoms with Gasteiger partial charge in [0.15, 0.2) is 5.76 Å². The molecule has 164 valence electrons. The standard InChI is InChI=1S/C25H17FN2O4S/c26-14-9-11-15(12-10-14)33-13-18-16-5-1-3-7-19(16)31-22(18)25(30)28-21-17-6-2-4-8-20(17)32-23(21)24(27)29/h1-12H,13H2,(H2,27,29)(H,28,30). The van der Waals surface area contributed by atoms with Crippen molar-refractivity contribution in [2.45, 2.75) is 10.6 Å². The van der Waals surface area contributed by atoms with Crippen LogP contribution in [0.15, 0.2) is 86.5 Å². The fraction of sp³-hybridized carbons (Fsp3) is 0.0400. The second-order valence-electron chi connectivity index (χ2n) is 7.27. The van der Waals surface area contributed by atoms with Crippen molar-refractivity contribution < 1.29 is 22.8 Å². The SMILES string of the molecule is NC(=O)c1oc2ccccc2c1NC(=O)c1oc2ccccc2c1CSc1ccc(F)cc1. The van der Waals surface area contributed by atoms with E-state index >= 15 is 0 Å². The van der Waals surface area contributed by atoms with Gasteiger partial charge in [-0.2, -0.15) is 0 Å². The quantitative estimate of drug-likeness (QED) is 0.305. The molecule has 0 radical (unpaired) electrons. The average Bonchev–Trinajstić information content (AvgIpc) is 3.38. The van der Waals surface area contributed by atoms with Crippen LogP contribution in [-0.2, 0) is 5.75 Å². The summed E-state index contributed by atoms with van der Waals surface area (Å²) in [6, 6.07) is 20.4. The number of furan rings is 2. The number of carbonyl (C=O) groups is 2. The molecule has 0 aliphatic rings. The first-order valence-electron chi connectivity index (χ1n) is 10.0. The second-order valence-corrected chi connectivity index (χ2v) is 8.32. The molecule has 0 saturated carbocycles. The molecular weight excluding hydrogens is 443 g/mol. The average molecular weight is 460 g/mol. The minimum absolute atomic E-state index is 0.117. The van der Waals surface area contributed by atoms with Crippen LogP contribution in [0.5, 0.6) is 0 Å². The Kier molecular flexibility index (Phi) is 5.35. The molecule has 0 atom stereocenters. The van der Waals surface area contributed by atoms with E-state index in [4.69, 9.17) is 14.6 Å². The van der Waals surface area contributed by atoms with Crippen LogP contribution >= 0.6 is 11.8 Å². The summed E-state index contributed by atoms with van der Waals surface area (Å²) in [6.45, 7) is 0. The topological polar surface area (TPSA) is 98.5 Å². The highest BCUT2D eigenvalue weighted by Gasteiger charge is 2.25. The Hall–Kier alpha value is -4.04. The van der Waals surface area contributed by atoms with Crippen molar-refractivity contribution in [1.82, 2.24) is 0 Å². The van der Waals surface area contributed by atoms with Crippen LogP contribution in [0, 0.1) is 5.82 Å². The number of halogens is 1. The van der Waals surface area contributed by atoms with Crippen LogP contribution in [0.25, 0.3) is 21.9 Å². The second kappa shape index (κ2) is 8.48. The molecule has 3 N–H and O–H groups in total. The minimum atomic E-state index is -0.793. The van der Waals surface area contributed by atoms with E-state index in [9.17, 15) is 14.0 Å². The Morgan fingerprint density at radius 2 is 1.45 bits per heavy atom. The van der Waals surface area contributed by atoms with E-state index in [1.807, 2.05) is 18.2 Å². The molecule has 2 aromatic heterocycles. The maximum absolute atomic E-state index is 13.3. The summed E-state index contributed by atoms with van der Waals surface area (Å²) in [5, 5.41) is 4.10. The van der Waals surface area contributed by atoms with Crippen molar-refractivity contribution in [3.63, 3.8) is 0 Å². The normalized spacial score (nSPS) is 11.2. The molecule has 8 heteroatoms. The van der Waals surface area contributed by atoms with E-state index in [0.29, 0.717) is 27.9 Å². The highest BCUT2D eigenvalue weighted by atomic mass is 32.2. The van der Waals surface area contributed by atoms with Crippen molar-refractivity contribution in [2.24, 2.45) is 5.73 Å². The smallest absolute Gasteiger partial charge is 0.291 e. The number of fused-ring (bicyclic) bond motifs is 2. The molecule has 0 aliphatic carbocycles. The molecule has 0 unspecified atom stereocenters. The van der Waals surface area contributed by atoms with Gasteiger partial charge in [0, 0.05) is 27.0 Å². The Morgan fingerprint density at radius 1 is 0.848 bits per heavy atom. The number of nitrogens with two attached hydrogens (primary N) is 1. The monoisotopic (exact) mass is 460 g/mol. The van der Waals surface area contributed by atoms with Gasteiger partial charge >= 0.3 is 0 Å².